The predicted octanol–water partition coefficient (Wildman–Crippen LogP) is 4.68. The van der Waals surface area contributed by atoms with E-state index in [1.807, 2.05) is 5.38 Å². The summed E-state index contributed by atoms with van der Waals surface area (Å²) in [7, 11) is -3.77. The SMILES string of the molecule is CCc1ccc(-c2csc(N3CCN(S(=O)(=O)c4ccc(F)cc4Cl)CC3)n2)cc1. The molecule has 30 heavy (non-hydrogen) atoms. The van der Waals surface area contributed by atoms with Gasteiger partial charge in [-0.05, 0) is 30.2 Å². The van der Waals surface area contributed by atoms with Crippen molar-refractivity contribution in [3.63, 3.8) is 0 Å². The fraction of sp³-hybridized carbons (Fsp3) is 0.286. The number of thiazole rings is 1. The summed E-state index contributed by atoms with van der Waals surface area (Å²) in [6.07, 6.45) is 0.999. The highest BCUT2D eigenvalue weighted by molar-refractivity contribution is 7.89. The van der Waals surface area contributed by atoms with E-state index >= 15 is 0 Å². The monoisotopic (exact) mass is 465 g/mol. The van der Waals surface area contributed by atoms with Gasteiger partial charge in [0.15, 0.2) is 5.13 Å². The van der Waals surface area contributed by atoms with E-state index in [0.717, 1.165) is 34.9 Å². The van der Waals surface area contributed by atoms with Gasteiger partial charge in [0, 0.05) is 37.1 Å². The fourth-order valence-electron chi connectivity index (χ4n) is 3.40. The molecular formula is C21H21ClFN3O2S2. The van der Waals surface area contributed by atoms with Gasteiger partial charge in [0.05, 0.1) is 10.7 Å². The molecule has 9 heteroatoms. The molecule has 2 aromatic carbocycles. The minimum absolute atomic E-state index is 0.0638. The van der Waals surface area contributed by atoms with Crippen LogP contribution in [-0.2, 0) is 16.4 Å². The van der Waals surface area contributed by atoms with Crippen LogP contribution >= 0.6 is 22.9 Å². The fourth-order valence-corrected chi connectivity index (χ4v) is 6.21. The van der Waals surface area contributed by atoms with Crippen molar-refractivity contribution in [1.82, 2.24) is 9.29 Å². The van der Waals surface area contributed by atoms with Crippen molar-refractivity contribution in [3.05, 3.63) is 64.2 Å². The van der Waals surface area contributed by atoms with Crippen LogP contribution in [0.5, 0.6) is 0 Å². The van der Waals surface area contributed by atoms with Crippen molar-refractivity contribution in [2.45, 2.75) is 18.2 Å². The van der Waals surface area contributed by atoms with Crippen molar-refractivity contribution in [3.8, 4) is 11.3 Å². The predicted molar refractivity (Wildman–Crippen MR) is 119 cm³/mol. The quantitative estimate of drug-likeness (QED) is 0.549. The summed E-state index contributed by atoms with van der Waals surface area (Å²) in [4.78, 5) is 6.77. The molecule has 1 aromatic heterocycles. The zero-order valence-electron chi connectivity index (χ0n) is 16.4. The van der Waals surface area contributed by atoms with Crippen molar-refractivity contribution < 1.29 is 12.8 Å². The number of hydrogen-bond acceptors (Lipinski definition) is 5. The van der Waals surface area contributed by atoms with Crippen LogP contribution < -0.4 is 4.90 Å². The molecule has 1 fully saturated rings. The molecular weight excluding hydrogens is 445 g/mol. The third-order valence-electron chi connectivity index (χ3n) is 5.17. The van der Waals surface area contributed by atoms with E-state index in [-0.39, 0.29) is 9.92 Å². The maximum absolute atomic E-state index is 13.3. The normalized spacial score (nSPS) is 15.5. The molecule has 0 aliphatic carbocycles. The van der Waals surface area contributed by atoms with Crippen LogP contribution in [0.3, 0.4) is 0 Å². The number of nitrogens with zero attached hydrogens (tertiary/aromatic N) is 3. The minimum Gasteiger partial charge on any atom is -0.345 e. The van der Waals surface area contributed by atoms with Gasteiger partial charge in [0.25, 0.3) is 0 Å². The first-order valence-corrected chi connectivity index (χ1v) is 12.3. The lowest BCUT2D eigenvalue weighted by Gasteiger charge is -2.33. The summed E-state index contributed by atoms with van der Waals surface area (Å²) in [5.74, 6) is -0.562. The van der Waals surface area contributed by atoms with Crippen LogP contribution in [-0.4, -0.2) is 43.9 Å². The van der Waals surface area contributed by atoms with Crippen molar-refractivity contribution in [2.24, 2.45) is 0 Å². The lowest BCUT2D eigenvalue weighted by Crippen LogP contribution is -2.48. The topological polar surface area (TPSA) is 53.5 Å². The molecule has 0 bridgehead atoms. The maximum Gasteiger partial charge on any atom is 0.244 e. The zero-order chi connectivity index (χ0) is 21.3. The van der Waals surface area contributed by atoms with Crippen LogP contribution in [0.1, 0.15) is 12.5 Å². The molecule has 0 N–H and O–H groups in total. The van der Waals surface area contributed by atoms with Gasteiger partial charge in [-0.15, -0.1) is 11.3 Å². The standard InChI is InChI=1S/C21H21ClFN3O2S2/c1-2-15-3-5-16(6-4-15)19-14-29-21(24-19)25-9-11-26(12-10-25)30(27,28)20-8-7-17(23)13-18(20)22/h3-8,13-14H,2,9-12H2,1H3. The molecule has 4 rings (SSSR count). The Bertz CT molecular complexity index is 1140. The molecule has 1 aliphatic heterocycles. The average molecular weight is 466 g/mol. The van der Waals surface area contributed by atoms with Gasteiger partial charge in [-0.2, -0.15) is 4.31 Å². The molecule has 0 saturated carbocycles. The summed E-state index contributed by atoms with van der Waals surface area (Å²) in [6, 6.07) is 11.7. The number of aromatic nitrogens is 1. The van der Waals surface area contributed by atoms with Crippen molar-refractivity contribution in [1.29, 1.82) is 0 Å². The number of benzene rings is 2. The van der Waals surface area contributed by atoms with Crippen LogP contribution in [0, 0.1) is 5.82 Å². The number of halogens is 2. The van der Waals surface area contributed by atoms with Gasteiger partial charge >= 0.3 is 0 Å². The van der Waals surface area contributed by atoms with E-state index in [1.165, 1.54) is 15.9 Å². The first kappa shape index (κ1) is 21.2. The average Bonchev–Trinajstić information content (AvgIpc) is 3.24. The Hall–Kier alpha value is -2.00. The molecule has 0 spiro atoms. The Labute approximate surface area is 184 Å². The van der Waals surface area contributed by atoms with E-state index in [2.05, 4.69) is 36.1 Å². The van der Waals surface area contributed by atoms with Gasteiger partial charge < -0.3 is 4.90 Å². The summed E-state index contributed by atoms with van der Waals surface area (Å²) >= 11 is 7.53. The van der Waals surface area contributed by atoms with Gasteiger partial charge in [-0.1, -0.05) is 42.8 Å². The Balaban J connectivity index is 1.45. The molecule has 0 radical (unpaired) electrons. The van der Waals surface area contributed by atoms with Crippen LogP contribution in [0.25, 0.3) is 11.3 Å². The Kier molecular flexibility index (Phi) is 6.11. The van der Waals surface area contributed by atoms with Crippen LogP contribution in [0.2, 0.25) is 5.02 Å². The third kappa shape index (κ3) is 4.23. The molecule has 1 aliphatic rings. The molecule has 0 unspecified atom stereocenters. The van der Waals surface area contributed by atoms with Gasteiger partial charge in [0.2, 0.25) is 10.0 Å². The third-order valence-corrected chi connectivity index (χ3v) is 8.45. The highest BCUT2D eigenvalue weighted by Gasteiger charge is 2.31. The van der Waals surface area contributed by atoms with Gasteiger partial charge in [-0.25, -0.2) is 17.8 Å². The van der Waals surface area contributed by atoms with Crippen LogP contribution in [0.15, 0.2) is 52.7 Å². The first-order valence-electron chi connectivity index (χ1n) is 9.63. The smallest absolute Gasteiger partial charge is 0.244 e. The number of rotatable bonds is 5. The number of aryl methyl sites for hydroxylation is 1. The first-order chi connectivity index (χ1) is 14.4. The maximum atomic E-state index is 13.3. The largest absolute Gasteiger partial charge is 0.345 e. The Morgan fingerprint density at radius 1 is 1.10 bits per heavy atom. The molecule has 2 heterocycles. The lowest BCUT2D eigenvalue weighted by atomic mass is 10.1. The molecule has 158 valence electrons. The Morgan fingerprint density at radius 2 is 1.80 bits per heavy atom. The molecule has 1 saturated heterocycles. The highest BCUT2D eigenvalue weighted by atomic mass is 35.5. The minimum atomic E-state index is -3.77. The summed E-state index contributed by atoms with van der Waals surface area (Å²) in [6.45, 7) is 3.81. The molecule has 0 atom stereocenters. The lowest BCUT2D eigenvalue weighted by molar-refractivity contribution is 0.384. The molecule has 3 aromatic rings. The number of sulfonamides is 1. The summed E-state index contributed by atoms with van der Waals surface area (Å²) in [5, 5.41) is 2.80. The number of piperazine rings is 1. The van der Waals surface area contributed by atoms with E-state index in [9.17, 15) is 12.8 Å². The van der Waals surface area contributed by atoms with Crippen molar-refractivity contribution >= 4 is 38.1 Å². The second-order valence-corrected chi connectivity index (χ2v) is 10.2. The van der Waals surface area contributed by atoms with E-state index in [1.54, 1.807) is 11.3 Å². The Morgan fingerprint density at radius 3 is 2.43 bits per heavy atom. The molecule has 0 amide bonds. The second kappa shape index (κ2) is 8.63. The summed E-state index contributed by atoms with van der Waals surface area (Å²) in [5.41, 5.74) is 3.28. The number of hydrogen-bond donors (Lipinski definition) is 0. The van der Waals surface area contributed by atoms with E-state index in [4.69, 9.17) is 16.6 Å². The number of anilines is 1. The zero-order valence-corrected chi connectivity index (χ0v) is 18.8. The van der Waals surface area contributed by atoms with E-state index in [0.29, 0.717) is 26.2 Å². The summed E-state index contributed by atoms with van der Waals surface area (Å²) < 4.78 is 40.4. The van der Waals surface area contributed by atoms with Gasteiger partial charge in [0.1, 0.15) is 10.7 Å². The molecule has 5 nitrogen and oxygen atoms in total. The van der Waals surface area contributed by atoms with Gasteiger partial charge in [-0.3, -0.25) is 0 Å². The highest BCUT2D eigenvalue weighted by Crippen LogP contribution is 2.30. The van der Waals surface area contributed by atoms with Crippen LogP contribution in [0.4, 0.5) is 9.52 Å². The van der Waals surface area contributed by atoms with E-state index < -0.39 is 15.8 Å². The van der Waals surface area contributed by atoms with Crippen molar-refractivity contribution in [2.75, 3.05) is 31.1 Å². The second-order valence-electron chi connectivity index (χ2n) is 7.03.